The second-order valence-corrected chi connectivity index (χ2v) is 6.18. The molecule has 5 nitrogen and oxygen atoms in total. The van der Waals surface area contributed by atoms with Gasteiger partial charge in [0.05, 0.1) is 10.5 Å². The van der Waals surface area contributed by atoms with Crippen molar-refractivity contribution in [3.05, 3.63) is 62.1 Å². The third-order valence-corrected chi connectivity index (χ3v) is 4.69. The highest BCUT2D eigenvalue weighted by molar-refractivity contribution is 9.10. The van der Waals surface area contributed by atoms with Crippen molar-refractivity contribution < 1.29 is 14.8 Å². The molecule has 0 heterocycles. The Labute approximate surface area is 133 Å². The third kappa shape index (κ3) is 3.43. The van der Waals surface area contributed by atoms with Crippen LogP contribution in [-0.2, 0) is 0 Å². The van der Waals surface area contributed by atoms with Crippen LogP contribution < -0.4 is 0 Å². The van der Waals surface area contributed by atoms with Gasteiger partial charge in [-0.15, -0.1) is 0 Å². The summed E-state index contributed by atoms with van der Waals surface area (Å²) in [4.78, 5) is 23.0. The predicted molar refractivity (Wildman–Crippen MR) is 83.1 cm³/mol. The second-order valence-electron chi connectivity index (χ2n) is 4.21. The van der Waals surface area contributed by atoms with Crippen molar-refractivity contribution in [3.8, 4) is 0 Å². The highest BCUT2D eigenvalue weighted by atomic mass is 79.9. The van der Waals surface area contributed by atoms with Crippen molar-refractivity contribution in [1.82, 2.24) is 0 Å². The molecule has 0 atom stereocenters. The number of nitro groups is 1. The number of nitro benzene ring substituents is 1. The number of carboxylic acid groups (broad SMARTS) is 1. The van der Waals surface area contributed by atoms with Crippen LogP contribution in [-0.4, -0.2) is 16.0 Å². The van der Waals surface area contributed by atoms with Gasteiger partial charge < -0.3 is 5.11 Å². The van der Waals surface area contributed by atoms with Crippen molar-refractivity contribution in [2.24, 2.45) is 0 Å². The largest absolute Gasteiger partial charge is 0.478 e. The van der Waals surface area contributed by atoms with Crippen LogP contribution in [0.25, 0.3) is 0 Å². The van der Waals surface area contributed by atoms with E-state index in [2.05, 4.69) is 15.9 Å². The van der Waals surface area contributed by atoms with Crippen molar-refractivity contribution in [3.63, 3.8) is 0 Å². The molecule has 2 rings (SSSR count). The first kappa shape index (κ1) is 15.5. The minimum Gasteiger partial charge on any atom is -0.478 e. The van der Waals surface area contributed by atoms with E-state index in [1.54, 1.807) is 31.2 Å². The maximum atomic E-state index is 11.1. The molecule has 0 bridgehead atoms. The molecule has 0 unspecified atom stereocenters. The van der Waals surface area contributed by atoms with Gasteiger partial charge in [-0.2, -0.15) is 0 Å². The average molecular weight is 368 g/mol. The molecule has 0 aliphatic rings. The van der Waals surface area contributed by atoms with Crippen LogP contribution in [0.1, 0.15) is 15.9 Å². The van der Waals surface area contributed by atoms with Crippen LogP contribution in [0.4, 0.5) is 5.69 Å². The number of benzene rings is 2. The number of halogens is 1. The van der Waals surface area contributed by atoms with Gasteiger partial charge in [0.25, 0.3) is 5.69 Å². The van der Waals surface area contributed by atoms with E-state index in [-0.39, 0.29) is 11.3 Å². The van der Waals surface area contributed by atoms with Gasteiger partial charge in [0.1, 0.15) is 0 Å². The smallest absolute Gasteiger partial charge is 0.336 e. The SMILES string of the molecule is Cc1c(Sc2ccc(Br)c(C(=O)O)c2)cccc1[N+](=O)[O-]. The van der Waals surface area contributed by atoms with E-state index in [9.17, 15) is 14.9 Å². The van der Waals surface area contributed by atoms with Crippen molar-refractivity contribution in [2.75, 3.05) is 0 Å². The van der Waals surface area contributed by atoms with Crippen LogP contribution in [0, 0.1) is 17.0 Å². The summed E-state index contributed by atoms with van der Waals surface area (Å²) in [6.45, 7) is 1.68. The molecule has 0 amide bonds. The monoisotopic (exact) mass is 367 g/mol. The number of nitrogens with zero attached hydrogens (tertiary/aromatic N) is 1. The van der Waals surface area contributed by atoms with E-state index in [0.717, 1.165) is 4.90 Å². The lowest BCUT2D eigenvalue weighted by molar-refractivity contribution is -0.385. The van der Waals surface area contributed by atoms with Crippen molar-refractivity contribution in [1.29, 1.82) is 0 Å². The van der Waals surface area contributed by atoms with Crippen molar-refractivity contribution >= 4 is 39.3 Å². The summed E-state index contributed by atoms with van der Waals surface area (Å²) in [5.74, 6) is -1.03. The van der Waals surface area contributed by atoms with E-state index in [1.165, 1.54) is 23.9 Å². The minimum atomic E-state index is -1.03. The fraction of sp³-hybridized carbons (Fsp3) is 0.0714. The van der Waals surface area contributed by atoms with E-state index < -0.39 is 10.9 Å². The molecular weight excluding hydrogens is 358 g/mol. The van der Waals surface area contributed by atoms with Crippen LogP contribution in [0.3, 0.4) is 0 Å². The number of carbonyl (C=O) groups is 1. The van der Waals surface area contributed by atoms with E-state index in [0.29, 0.717) is 14.9 Å². The molecule has 108 valence electrons. The number of carboxylic acids is 1. The minimum absolute atomic E-state index is 0.0515. The Balaban J connectivity index is 2.39. The molecule has 0 saturated heterocycles. The summed E-state index contributed by atoms with van der Waals surface area (Å²) in [6, 6.07) is 9.79. The Morgan fingerprint density at radius 2 is 2.05 bits per heavy atom. The molecule has 0 radical (unpaired) electrons. The maximum Gasteiger partial charge on any atom is 0.336 e. The van der Waals surface area contributed by atoms with E-state index in [1.807, 2.05) is 0 Å². The Hall–Kier alpha value is -1.86. The molecule has 21 heavy (non-hydrogen) atoms. The molecule has 0 spiro atoms. The van der Waals surface area contributed by atoms with Gasteiger partial charge in [-0.3, -0.25) is 10.1 Å². The Bertz CT molecular complexity index is 733. The number of rotatable bonds is 4. The lowest BCUT2D eigenvalue weighted by atomic mass is 10.2. The highest BCUT2D eigenvalue weighted by Gasteiger charge is 2.15. The zero-order chi connectivity index (χ0) is 15.6. The Morgan fingerprint density at radius 1 is 1.33 bits per heavy atom. The molecule has 0 saturated carbocycles. The molecule has 0 aromatic heterocycles. The molecule has 2 aromatic carbocycles. The Morgan fingerprint density at radius 3 is 2.67 bits per heavy atom. The zero-order valence-electron chi connectivity index (χ0n) is 10.9. The van der Waals surface area contributed by atoms with Crippen molar-refractivity contribution in [2.45, 2.75) is 16.7 Å². The quantitative estimate of drug-likeness (QED) is 0.634. The molecule has 0 fully saturated rings. The summed E-state index contributed by atoms with van der Waals surface area (Å²) in [6.07, 6.45) is 0. The predicted octanol–water partition coefficient (Wildman–Crippen LogP) is 4.52. The molecule has 0 aliphatic heterocycles. The number of hydrogen-bond donors (Lipinski definition) is 1. The molecule has 0 aliphatic carbocycles. The average Bonchev–Trinajstić information content (AvgIpc) is 2.42. The first-order chi connectivity index (χ1) is 9.90. The number of hydrogen-bond acceptors (Lipinski definition) is 4. The Kier molecular flexibility index (Phi) is 4.64. The maximum absolute atomic E-state index is 11.1. The normalized spacial score (nSPS) is 10.4. The molecule has 2 aromatic rings. The lowest BCUT2D eigenvalue weighted by Crippen LogP contribution is -1.97. The summed E-state index contributed by atoms with van der Waals surface area (Å²) >= 11 is 4.48. The standard InChI is InChI=1S/C14H10BrNO4S/c1-8-12(16(19)20)3-2-4-13(8)21-9-5-6-11(15)10(7-9)14(17)18/h2-7H,1H3,(H,17,18). The van der Waals surface area contributed by atoms with Crippen LogP contribution in [0.15, 0.2) is 50.7 Å². The van der Waals surface area contributed by atoms with Gasteiger partial charge in [0, 0.05) is 25.9 Å². The first-order valence-corrected chi connectivity index (χ1v) is 7.46. The lowest BCUT2D eigenvalue weighted by Gasteiger charge is -2.07. The fourth-order valence-corrected chi connectivity index (χ4v) is 3.16. The zero-order valence-corrected chi connectivity index (χ0v) is 13.3. The fourth-order valence-electron chi connectivity index (χ4n) is 1.77. The topological polar surface area (TPSA) is 80.4 Å². The molecular formula is C14H10BrNO4S. The third-order valence-electron chi connectivity index (χ3n) is 2.85. The van der Waals surface area contributed by atoms with Crippen LogP contribution in [0.2, 0.25) is 0 Å². The summed E-state index contributed by atoms with van der Waals surface area (Å²) in [5.41, 5.74) is 0.769. The summed E-state index contributed by atoms with van der Waals surface area (Å²) in [5, 5.41) is 20.0. The van der Waals surface area contributed by atoms with E-state index in [4.69, 9.17) is 5.11 Å². The summed E-state index contributed by atoms with van der Waals surface area (Å²) < 4.78 is 0.495. The molecule has 7 heteroatoms. The second kappa shape index (κ2) is 6.28. The van der Waals surface area contributed by atoms with Gasteiger partial charge in [-0.05, 0) is 47.1 Å². The highest BCUT2D eigenvalue weighted by Crippen LogP contribution is 2.35. The van der Waals surface area contributed by atoms with Gasteiger partial charge in [-0.25, -0.2) is 4.79 Å². The molecule has 1 N–H and O–H groups in total. The summed E-state index contributed by atoms with van der Waals surface area (Å²) in [7, 11) is 0. The number of aromatic carboxylic acids is 1. The van der Waals surface area contributed by atoms with Crippen LogP contribution in [0.5, 0.6) is 0 Å². The van der Waals surface area contributed by atoms with Gasteiger partial charge in [0.2, 0.25) is 0 Å². The van der Waals surface area contributed by atoms with Crippen LogP contribution >= 0.6 is 27.7 Å². The van der Waals surface area contributed by atoms with Gasteiger partial charge in [0.15, 0.2) is 0 Å². The van der Waals surface area contributed by atoms with Gasteiger partial charge >= 0.3 is 5.97 Å². The van der Waals surface area contributed by atoms with E-state index >= 15 is 0 Å². The van der Waals surface area contributed by atoms with Gasteiger partial charge in [-0.1, -0.05) is 17.8 Å². The first-order valence-electron chi connectivity index (χ1n) is 5.85.